The topological polar surface area (TPSA) is 105 Å². The van der Waals surface area contributed by atoms with Gasteiger partial charge in [-0.25, -0.2) is 13.4 Å². The molecule has 4 aromatic rings. The predicted octanol–water partition coefficient (Wildman–Crippen LogP) is 4.65. The van der Waals surface area contributed by atoms with E-state index in [4.69, 9.17) is 11.6 Å². The van der Waals surface area contributed by atoms with Gasteiger partial charge in [0.15, 0.2) is 5.13 Å². The number of nitrogens with zero attached hydrogens (tertiary/aromatic N) is 2. The molecule has 4 rings (SSSR count). The Bertz CT molecular complexity index is 1400. The third kappa shape index (κ3) is 5.35. The summed E-state index contributed by atoms with van der Waals surface area (Å²) in [7, 11) is -3.69. The summed E-state index contributed by atoms with van der Waals surface area (Å²) < 4.78 is 29.3. The van der Waals surface area contributed by atoms with E-state index in [1.165, 1.54) is 29.7 Å². The van der Waals surface area contributed by atoms with Crippen LogP contribution in [0.3, 0.4) is 0 Å². The maximum absolute atomic E-state index is 12.7. The SMILES string of the molecule is Cc1cc2cc(Cl)ccc2n1C(C)C(=O)NCCNc1ccc(S(=O)(=O)Nc2nccs2)cc1. The Kier molecular flexibility index (Phi) is 7.11. The van der Waals surface area contributed by atoms with Gasteiger partial charge in [0.1, 0.15) is 6.04 Å². The zero-order chi connectivity index (χ0) is 24.3. The van der Waals surface area contributed by atoms with E-state index in [0.29, 0.717) is 23.2 Å². The molecule has 2 aromatic carbocycles. The lowest BCUT2D eigenvalue weighted by atomic mass is 10.2. The highest BCUT2D eigenvalue weighted by molar-refractivity contribution is 7.93. The second-order valence-electron chi connectivity index (χ2n) is 7.72. The molecule has 0 saturated carbocycles. The summed E-state index contributed by atoms with van der Waals surface area (Å²) in [4.78, 5) is 16.8. The summed E-state index contributed by atoms with van der Waals surface area (Å²) in [5, 5.41) is 9.80. The van der Waals surface area contributed by atoms with E-state index in [9.17, 15) is 13.2 Å². The van der Waals surface area contributed by atoms with Crippen molar-refractivity contribution in [3.63, 3.8) is 0 Å². The fourth-order valence-corrected chi connectivity index (χ4v) is 5.69. The Labute approximate surface area is 207 Å². The number of rotatable bonds is 9. The molecule has 2 aromatic heterocycles. The predicted molar refractivity (Wildman–Crippen MR) is 137 cm³/mol. The van der Waals surface area contributed by atoms with Gasteiger partial charge in [-0.3, -0.25) is 9.52 Å². The fourth-order valence-electron chi connectivity index (χ4n) is 3.72. The third-order valence-corrected chi connectivity index (χ3v) is 7.74. The number of carbonyl (C=O) groups excluding carboxylic acids is 1. The standard InChI is InChI=1S/C23H24ClN5O3S2/c1-15-13-17-14-18(24)3-8-21(17)29(15)16(2)22(30)26-10-9-25-19-4-6-20(7-5-19)34(31,32)28-23-27-11-12-33-23/h3-8,11-14,16,25H,9-10H2,1-2H3,(H,26,30)(H,27,28). The van der Waals surface area contributed by atoms with Crippen molar-refractivity contribution in [2.45, 2.75) is 24.8 Å². The van der Waals surface area contributed by atoms with E-state index in [2.05, 4.69) is 20.3 Å². The Morgan fingerprint density at radius 3 is 2.62 bits per heavy atom. The number of aryl methyl sites for hydroxylation is 1. The lowest BCUT2D eigenvalue weighted by molar-refractivity contribution is -0.123. The summed E-state index contributed by atoms with van der Waals surface area (Å²) in [6.45, 7) is 4.74. The summed E-state index contributed by atoms with van der Waals surface area (Å²) in [5.41, 5.74) is 2.69. The average molecular weight is 518 g/mol. The molecule has 0 bridgehead atoms. The highest BCUT2D eigenvalue weighted by Gasteiger charge is 2.19. The van der Waals surface area contributed by atoms with Crippen LogP contribution in [-0.2, 0) is 14.8 Å². The molecule has 1 atom stereocenters. The molecule has 0 fully saturated rings. The first-order valence-electron chi connectivity index (χ1n) is 10.6. The Hall–Kier alpha value is -3.08. The number of hydrogen-bond acceptors (Lipinski definition) is 6. The van der Waals surface area contributed by atoms with Gasteiger partial charge in [0.05, 0.1) is 4.90 Å². The fraction of sp³-hybridized carbons (Fsp3) is 0.217. The van der Waals surface area contributed by atoms with Crippen LogP contribution in [-0.4, -0.2) is 37.0 Å². The molecule has 0 spiro atoms. The first kappa shape index (κ1) is 24.1. The Morgan fingerprint density at radius 1 is 1.15 bits per heavy atom. The van der Waals surface area contributed by atoms with Crippen LogP contribution in [0.5, 0.6) is 0 Å². The van der Waals surface area contributed by atoms with Gasteiger partial charge in [0.25, 0.3) is 10.0 Å². The van der Waals surface area contributed by atoms with Crippen LogP contribution in [0.4, 0.5) is 10.8 Å². The second-order valence-corrected chi connectivity index (χ2v) is 10.7. The van der Waals surface area contributed by atoms with E-state index < -0.39 is 10.0 Å². The molecule has 0 saturated heterocycles. The van der Waals surface area contributed by atoms with Gasteiger partial charge in [-0.05, 0) is 62.4 Å². The Morgan fingerprint density at radius 2 is 1.91 bits per heavy atom. The van der Waals surface area contributed by atoms with Crippen LogP contribution in [0.15, 0.2) is 65.0 Å². The molecular weight excluding hydrogens is 494 g/mol. The minimum Gasteiger partial charge on any atom is -0.383 e. The molecule has 0 aliphatic carbocycles. The molecule has 0 radical (unpaired) electrons. The molecular formula is C23H24ClN5O3S2. The van der Waals surface area contributed by atoms with Crippen molar-refractivity contribution >= 4 is 60.6 Å². The highest BCUT2D eigenvalue weighted by atomic mass is 35.5. The maximum Gasteiger partial charge on any atom is 0.263 e. The van der Waals surface area contributed by atoms with Crippen LogP contribution in [0.1, 0.15) is 18.7 Å². The van der Waals surface area contributed by atoms with E-state index in [1.807, 2.05) is 42.7 Å². The van der Waals surface area contributed by atoms with Crippen molar-refractivity contribution in [2.75, 3.05) is 23.1 Å². The molecule has 34 heavy (non-hydrogen) atoms. The minimum atomic E-state index is -3.69. The number of fused-ring (bicyclic) bond motifs is 1. The largest absolute Gasteiger partial charge is 0.383 e. The molecule has 8 nitrogen and oxygen atoms in total. The molecule has 0 aliphatic heterocycles. The molecule has 0 aliphatic rings. The first-order chi connectivity index (χ1) is 16.2. The van der Waals surface area contributed by atoms with E-state index in [-0.39, 0.29) is 16.8 Å². The van der Waals surface area contributed by atoms with E-state index in [1.54, 1.807) is 17.5 Å². The van der Waals surface area contributed by atoms with Crippen LogP contribution < -0.4 is 15.4 Å². The van der Waals surface area contributed by atoms with Gasteiger partial charge in [-0.15, -0.1) is 11.3 Å². The normalized spacial score (nSPS) is 12.4. The molecule has 1 amide bonds. The van der Waals surface area contributed by atoms with Gasteiger partial charge in [0, 0.05) is 52.0 Å². The van der Waals surface area contributed by atoms with Crippen molar-refractivity contribution in [1.29, 1.82) is 0 Å². The van der Waals surface area contributed by atoms with Crippen LogP contribution in [0.25, 0.3) is 10.9 Å². The number of aromatic nitrogens is 2. The first-order valence-corrected chi connectivity index (χ1v) is 13.3. The lowest BCUT2D eigenvalue weighted by Gasteiger charge is -2.18. The third-order valence-electron chi connectivity index (χ3n) is 5.33. The second kappa shape index (κ2) is 10.0. The average Bonchev–Trinajstić information content (AvgIpc) is 3.42. The van der Waals surface area contributed by atoms with Crippen molar-refractivity contribution in [2.24, 2.45) is 0 Å². The number of thiazole rings is 1. The van der Waals surface area contributed by atoms with Gasteiger partial charge in [-0.1, -0.05) is 11.6 Å². The Balaban J connectivity index is 1.30. The number of halogens is 1. The van der Waals surface area contributed by atoms with Crippen LogP contribution >= 0.6 is 22.9 Å². The molecule has 178 valence electrons. The van der Waals surface area contributed by atoms with Crippen molar-refractivity contribution < 1.29 is 13.2 Å². The molecule has 1 unspecified atom stereocenters. The summed E-state index contributed by atoms with van der Waals surface area (Å²) >= 11 is 7.30. The summed E-state index contributed by atoms with van der Waals surface area (Å²) in [6.07, 6.45) is 1.53. The lowest BCUT2D eigenvalue weighted by Crippen LogP contribution is -2.34. The quantitative estimate of drug-likeness (QED) is 0.280. The number of anilines is 2. The highest BCUT2D eigenvalue weighted by Crippen LogP contribution is 2.26. The zero-order valence-electron chi connectivity index (χ0n) is 18.6. The smallest absolute Gasteiger partial charge is 0.263 e. The number of benzene rings is 2. The van der Waals surface area contributed by atoms with Crippen LogP contribution in [0, 0.1) is 6.92 Å². The van der Waals surface area contributed by atoms with Crippen LogP contribution in [0.2, 0.25) is 5.02 Å². The zero-order valence-corrected chi connectivity index (χ0v) is 21.0. The monoisotopic (exact) mass is 517 g/mol. The minimum absolute atomic E-state index is 0.0907. The van der Waals surface area contributed by atoms with E-state index in [0.717, 1.165) is 22.3 Å². The number of amides is 1. The van der Waals surface area contributed by atoms with Crippen molar-refractivity contribution in [3.8, 4) is 0 Å². The van der Waals surface area contributed by atoms with Gasteiger partial charge in [0.2, 0.25) is 5.91 Å². The van der Waals surface area contributed by atoms with Gasteiger partial charge < -0.3 is 15.2 Å². The summed E-state index contributed by atoms with van der Waals surface area (Å²) in [6, 6.07) is 13.7. The number of carbonyl (C=O) groups is 1. The molecule has 2 heterocycles. The van der Waals surface area contributed by atoms with Gasteiger partial charge in [-0.2, -0.15) is 0 Å². The number of nitrogens with one attached hydrogen (secondary N) is 3. The number of sulfonamides is 1. The van der Waals surface area contributed by atoms with Crippen molar-refractivity contribution in [1.82, 2.24) is 14.9 Å². The van der Waals surface area contributed by atoms with Crippen molar-refractivity contribution in [3.05, 3.63) is 70.8 Å². The maximum atomic E-state index is 12.7. The van der Waals surface area contributed by atoms with E-state index >= 15 is 0 Å². The molecule has 11 heteroatoms. The molecule has 3 N–H and O–H groups in total. The summed E-state index contributed by atoms with van der Waals surface area (Å²) in [5.74, 6) is -0.0907. The number of hydrogen-bond donors (Lipinski definition) is 3. The van der Waals surface area contributed by atoms with Gasteiger partial charge >= 0.3 is 0 Å².